The van der Waals surface area contributed by atoms with Crippen molar-refractivity contribution in [2.75, 3.05) is 13.2 Å². The lowest BCUT2D eigenvalue weighted by atomic mass is 10.0. The normalized spacial score (nSPS) is 12.6. The highest BCUT2D eigenvalue weighted by atomic mass is 16.6. The van der Waals surface area contributed by atoms with Crippen molar-refractivity contribution in [1.29, 1.82) is 0 Å². The Morgan fingerprint density at radius 2 is 0.548 bits per heavy atom. The molecule has 0 saturated carbocycles. The van der Waals surface area contributed by atoms with E-state index >= 15 is 0 Å². The van der Waals surface area contributed by atoms with E-state index in [1.54, 1.807) is 0 Å². The minimum absolute atomic E-state index is 0.0942. The molecule has 0 rings (SSSR count). The topological polar surface area (TPSA) is 78.9 Å². The second-order valence-electron chi connectivity index (χ2n) is 20.6. The fourth-order valence-corrected chi connectivity index (χ4v) is 8.75. The zero-order valence-electron chi connectivity index (χ0n) is 48.1. The number of hydrogen-bond acceptors (Lipinski definition) is 6. The van der Waals surface area contributed by atoms with Crippen molar-refractivity contribution in [3.05, 3.63) is 85.1 Å². The highest BCUT2D eigenvalue weighted by Crippen LogP contribution is 2.17. The molecule has 0 aromatic rings. The first kappa shape index (κ1) is 69.6. The highest BCUT2D eigenvalue weighted by Gasteiger charge is 2.19. The Balaban J connectivity index is 4.43. The summed E-state index contributed by atoms with van der Waals surface area (Å²) in [4.78, 5) is 38.3. The molecule has 0 aliphatic carbocycles. The Labute approximate surface area is 452 Å². The summed E-state index contributed by atoms with van der Waals surface area (Å²) in [6, 6.07) is 0. The van der Waals surface area contributed by atoms with E-state index in [1.165, 1.54) is 173 Å². The van der Waals surface area contributed by atoms with Crippen LogP contribution >= 0.6 is 0 Å². The van der Waals surface area contributed by atoms with E-state index in [4.69, 9.17) is 14.2 Å². The van der Waals surface area contributed by atoms with E-state index in [-0.39, 0.29) is 37.5 Å². The van der Waals surface area contributed by atoms with Crippen LogP contribution in [0.2, 0.25) is 0 Å². The maximum atomic E-state index is 12.9. The Bertz CT molecular complexity index is 1400. The average Bonchev–Trinajstić information content (AvgIpc) is 3.39. The van der Waals surface area contributed by atoms with Gasteiger partial charge in [-0.2, -0.15) is 0 Å². The minimum Gasteiger partial charge on any atom is -0.462 e. The van der Waals surface area contributed by atoms with Crippen molar-refractivity contribution in [3.8, 4) is 0 Å². The maximum Gasteiger partial charge on any atom is 0.306 e. The van der Waals surface area contributed by atoms with Crippen LogP contribution in [0.25, 0.3) is 0 Å². The van der Waals surface area contributed by atoms with Gasteiger partial charge < -0.3 is 14.2 Å². The quantitative estimate of drug-likeness (QED) is 0.0261. The summed E-state index contributed by atoms with van der Waals surface area (Å²) in [5.41, 5.74) is 0. The molecule has 420 valence electrons. The Morgan fingerprint density at radius 1 is 0.288 bits per heavy atom. The summed E-state index contributed by atoms with van der Waals surface area (Å²) >= 11 is 0. The lowest BCUT2D eigenvalue weighted by Crippen LogP contribution is -2.30. The van der Waals surface area contributed by atoms with Crippen LogP contribution in [0.5, 0.6) is 0 Å². The van der Waals surface area contributed by atoms with Gasteiger partial charge in [0, 0.05) is 19.3 Å². The number of rotatable bonds is 56. The van der Waals surface area contributed by atoms with Crippen molar-refractivity contribution in [2.24, 2.45) is 0 Å². The molecule has 0 N–H and O–H groups in total. The van der Waals surface area contributed by atoms with Gasteiger partial charge in [0.2, 0.25) is 0 Å². The molecule has 0 bridgehead atoms. The molecule has 0 aromatic carbocycles. The predicted molar refractivity (Wildman–Crippen MR) is 316 cm³/mol. The summed E-state index contributed by atoms with van der Waals surface area (Å²) in [6.45, 7) is 6.49. The molecule has 0 spiro atoms. The summed E-state index contributed by atoms with van der Waals surface area (Å²) < 4.78 is 16.9. The van der Waals surface area contributed by atoms with E-state index < -0.39 is 6.10 Å². The van der Waals surface area contributed by atoms with Crippen LogP contribution < -0.4 is 0 Å². The van der Waals surface area contributed by atoms with Gasteiger partial charge in [0.05, 0.1) is 0 Å². The van der Waals surface area contributed by atoms with Gasteiger partial charge in [0.25, 0.3) is 0 Å². The van der Waals surface area contributed by atoms with Gasteiger partial charge in [-0.3, -0.25) is 14.4 Å². The van der Waals surface area contributed by atoms with Crippen molar-refractivity contribution < 1.29 is 28.6 Å². The van der Waals surface area contributed by atoms with Gasteiger partial charge in [-0.25, -0.2) is 0 Å². The monoisotopic (exact) mass is 1020 g/mol. The third kappa shape index (κ3) is 59.3. The minimum atomic E-state index is -0.801. The number of allylic oxidation sites excluding steroid dienone is 14. The molecule has 6 heteroatoms. The van der Waals surface area contributed by atoms with E-state index in [0.717, 1.165) is 83.5 Å². The lowest BCUT2D eigenvalue weighted by molar-refractivity contribution is -0.167. The van der Waals surface area contributed by atoms with E-state index in [9.17, 15) is 14.4 Å². The van der Waals surface area contributed by atoms with Crippen LogP contribution in [-0.4, -0.2) is 37.2 Å². The fourth-order valence-electron chi connectivity index (χ4n) is 8.75. The van der Waals surface area contributed by atoms with Crippen LogP contribution in [0.1, 0.15) is 303 Å². The molecular weight excluding hydrogens is 901 g/mol. The van der Waals surface area contributed by atoms with Gasteiger partial charge in [0.1, 0.15) is 13.2 Å². The lowest BCUT2D eigenvalue weighted by Gasteiger charge is -2.18. The molecule has 1 atom stereocenters. The van der Waals surface area contributed by atoms with E-state index in [1.807, 2.05) is 0 Å². The number of unbranched alkanes of at least 4 members (excludes halogenated alkanes) is 31. The number of esters is 3. The molecule has 0 radical (unpaired) electrons. The maximum absolute atomic E-state index is 12.9. The number of carbonyl (C=O) groups is 3. The second kappa shape index (κ2) is 61.1. The third-order valence-electron chi connectivity index (χ3n) is 13.4. The summed E-state index contributed by atoms with van der Waals surface area (Å²) in [6.07, 6.45) is 80.1. The van der Waals surface area contributed by atoms with Crippen LogP contribution in [0.15, 0.2) is 85.1 Å². The first-order chi connectivity index (χ1) is 36.0. The van der Waals surface area contributed by atoms with Crippen molar-refractivity contribution in [2.45, 2.75) is 309 Å². The van der Waals surface area contributed by atoms with Gasteiger partial charge >= 0.3 is 17.9 Å². The van der Waals surface area contributed by atoms with Gasteiger partial charge in [-0.15, -0.1) is 0 Å². The zero-order valence-corrected chi connectivity index (χ0v) is 48.1. The molecule has 0 aliphatic rings. The Hall–Kier alpha value is -3.41. The molecule has 0 aliphatic heterocycles. The molecule has 6 nitrogen and oxygen atoms in total. The second-order valence-corrected chi connectivity index (χ2v) is 20.6. The molecule has 0 saturated heterocycles. The highest BCUT2D eigenvalue weighted by molar-refractivity contribution is 5.71. The molecule has 73 heavy (non-hydrogen) atoms. The van der Waals surface area contributed by atoms with E-state index in [0.29, 0.717) is 19.3 Å². The Morgan fingerprint density at radius 3 is 0.918 bits per heavy atom. The van der Waals surface area contributed by atoms with Gasteiger partial charge in [0.15, 0.2) is 6.10 Å². The molecule has 0 amide bonds. The largest absolute Gasteiger partial charge is 0.462 e. The SMILES string of the molecule is CC/C=C/C/C=C/C/C=C/C/C=C/C/C=C/CCCC(=O)OC[C@H](COC(=O)CCCCCCCCCCC/C=C/C/C=C/CCCCC)OC(=O)CCCCCCCCCCCCCCCCCCCCC. The number of hydrogen-bond donors (Lipinski definition) is 0. The third-order valence-corrected chi connectivity index (χ3v) is 13.4. The van der Waals surface area contributed by atoms with Crippen molar-refractivity contribution in [1.82, 2.24) is 0 Å². The summed E-state index contributed by atoms with van der Waals surface area (Å²) in [7, 11) is 0. The van der Waals surface area contributed by atoms with E-state index in [2.05, 4.69) is 106 Å². The average molecular weight is 1020 g/mol. The molecule has 0 heterocycles. The fraction of sp³-hybridized carbons (Fsp3) is 0.746. The Kier molecular flexibility index (Phi) is 58.3. The van der Waals surface area contributed by atoms with Crippen molar-refractivity contribution in [3.63, 3.8) is 0 Å². The summed E-state index contributed by atoms with van der Waals surface area (Å²) in [5.74, 6) is -0.946. The molecule has 0 aromatic heterocycles. The number of ether oxygens (including phenoxy) is 3. The first-order valence-electron chi connectivity index (χ1n) is 31.1. The first-order valence-corrected chi connectivity index (χ1v) is 31.1. The number of carbonyl (C=O) groups excluding carboxylic acids is 3. The smallest absolute Gasteiger partial charge is 0.306 e. The molecule has 0 fully saturated rings. The van der Waals surface area contributed by atoms with Crippen LogP contribution in [0.4, 0.5) is 0 Å². The molecule has 0 unspecified atom stereocenters. The zero-order chi connectivity index (χ0) is 52.9. The van der Waals surface area contributed by atoms with Crippen LogP contribution in [-0.2, 0) is 28.6 Å². The predicted octanol–water partition coefficient (Wildman–Crippen LogP) is 21.1. The molecular formula is C67H116O6. The van der Waals surface area contributed by atoms with Crippen LogP contribution in [0.3, 0.4) is 0 Å². The van der Waals surface area contributed by atoms with Gasteiger partial charge in [-0.1, -0.05) is 279 Å². The summed E-state index contributed by atoms with van der Waals surface area (Å²) in [5, 5.41) is 0. The van der Waals surface area contributed by atoms with Gasteiger partial charge in [-0.05, 0) is 89.9 Å². The standard InChI is InChI=1S/C67H116O6/c1-4-7-10-13-16-19-22-25-28-31-33-36-39-42-45-48-51-54-57-60-66(69)72-63-64(62-71-65(68)59-56-53-50-47-44-41-38-35-30-27-24-21-18-15-12-9-6-3)73-67(70)61-58-55-52-49-46-43-40-37-34-32-29-26-23-20-17-14-11-8-5-2/h9,12,16,18-19,21,25,27-28,30,38,41,47,50,64H,4-8,10-11,13-15,17,20,22-24,26,29,31-37,39-40,42-46,48-49,51-63H2,1-3H3/b12-9+,19-16+,21-18+,28-25+,30-27+,41-38+,50-47+/t64-/m1/s1. The van der Waals surface area contributed by atoms with Crippen molar-refractivity contribution >= 4 is 17.9 Å². The van der Waals surface area contributed by atoms with Crippen LogP contribution in [0, 0.1) is 0 Å².